The van der Waals surface area contributed by atoms with Crippen molar-refractivity contribution >= 4 is 11.8 Å². The summed E-state index contributed by atoms with van der Waals surface area (Å²) in [7, 11) is 0. The summed E-state index contributed by atoms with van der Waals surface area (Å²) in [5.41, 5.74) is 1.01. The van der Waals surface area contributed by atoms with Crippen LogP contribution >= 0.6 is 0 Å². The van der Waals surface area contributed by atoms with E-state index in [0.29, 0.717) is 0 Å². The Kier molecular flexibility index (Phi) is 3.19. The van der Waals surface area contributed by atoms with Crippen LogP contribution < -0.4 is 0 Å². The summed E-state index contributed by atoms with van der Waals surface area (Å²) >= 11 is 0. The number of nitro groups is 1. The lowest BCUT2D eigenvalue weighted by molar-refractivity contribution is -0.384. The summed E-state index contributed by atoms with van der Waals surface area (Å²) in [6, 6.07) is 6.38. The van der Waals surface area contributed by atoms with E-state index in [9.17, 15) is 10.1 Å². The zero-order chi connectivity index (χ0) is 11.4. The van der Waals surface area contributed by atoms with Crippen molar-refractivity contribution in [2.24, 2.45) is 5.92 Å². The number of nitrogens with zero attached hydrogens (tertiary/aromatic N) is 1. The van der Waals surface area contributed by atoms with Crippen molar-refractivity contribution in [2.75, 3.05) is 6.61 Å². The Bertz CT molecular complexity index is 393. The third kappa shape index (κ3) is 3.08. The summed E-state index contributed by atoms with van der Waals surface area (Å²) in [5.74, 6) is 0.738. The number of non-ortho nitro benzene ring substituents is 1. The van der Waals surface area contributed by atoms with E-state index < -0.39 is 4.92 Å². The molecule has 4 nitrogen and oxygen atoms in total. The molecule has 4 heteroatoms. The van der Waals surface area contributed by atoms with Gasteiger partial charge in [0.15, 0.2) is 0 Å². The number of hydrogen-bond donors (Lipinski definition) is 0. The summed E-state index contributed by atoms with van der Waals surface area (Å²) in [6.07, 6.45) is 6.00. The summed E-state index contributed by atoms with van der Waals surface area (Å²) in [6.45, 7) is 0.781. The molecule has 0 bridgehead atoms. The Hall–Kier alpha value is -1.84. The quantitative estimate of drug-likeness (QED) is 0.434. The molecule has 0 spiro atoms. The number of nitro benzene ring substituents is 1. The van der Waals surface area contributed by atoms with E-state index >= 15 is 0 Å². The minimum atomic E-state index is -0.406. The highest BCUT2D eigenvalue weighted by molar-refractivity contribution is 5.50. The lowest BCUT2D eigenvalue weighted by Gasteiger charge is -1.97. The summed E-state index contributed by atoms with van der Waals surface area (Å²) in [5, 5.41) is 10.4. The zero-order valence-corrected chi connectivity index (χ0v) is 8.83. The van der Waals surface area contributed by atoms with Gasteiger partial charge in [0.2, 0.25) is 0 Å². The maximum Gasteiger partial charge on any atom is 0.269 e. The lowest BCUT2D eigenvalue weighted by Crippen LogP contribution is -1.88. The van der Waals surface area contributed by atoms with Crippen molar-refractivity contribution in [3.8, 4) is 0 Å². The molecule has 1 aliphatic carbocycles. The Balaban J connectivity index is 1.85. The SMILES string of the molecule is O=[N+]([O-])c1ccc(C=COCC2CC2)cc1. The first kappa shape index (κ1) is 10.7. The van der Waals surface area contributed by atoms with Crippen LogP contribution in [0.1, 0.15) is 18.4 Å². The van der Waals surface area contributed by atoms with E-state index in [0.717, 1.165) is 18.1 Å². The van der Waals surface area contributed by atoms with Crippen LogP contribution in [-0.2, 0) is 4.74 Å². The predicted molar refractivity (Wildman–Crippen MR) is 60.8 cm³/mol. The highest BCUT2D eigenvalue weighted by Crippen LogP contribution is 2.28. The average Bonchev–Trinajstić information content (AvgIpc) is 3.09. The molecule has 0 aliphatic heterocycles. The number of benzene rings is 1. The molecule has 0 radical (unpaired) electrons. The van der Waals surface area contributed by atoms with E-state index in [2.05, 4.69) is 0 Å². The summed E-state index contributed by atoms with van der Waals surface area (Å²) in [4.78, 5) is 10.0. The fraction of sp³-hybridized carbons (Fsp3) is 0.333. The molecule has 0 heterocycles. The monoisotopic (exact) mass is 219 g/mol. The largest absolute Gasteiger partial charge is 0.501 e. The molecule has 1 aliphatic rings. The van der Waals surface area contributed by atoms with Crippen LogP contribution in [0.4, 0.5) is 5.69 Å². The summed E-state index contributed by atoms with van der Waals surface area (Å²) < 4.78 is 5.32. The van der Waals surface area contributed by atoms with Gasteiger partial charge < -0.3 is 4.74 Å². The average molecular weight is 219 g/mol. The number of ether oxygens (including phenoxy) is 1. The maximum atomic E-state index is 10.4. The van der Waals surface area contributed by atoms with Crippen molar-refractivity contribution in [3.63, 3.8) is 0 Å². The number of hydrogen-bond acceptors (Lipinski definition) is 3. The molecule has 0 atom stereocenters. The first-order chi connectivity index (χ1) is 7.75. The van der Waals surface area contributed by atoms with Crippen LogP contribution in [0.3, 0.4) is 0 Å². The van der Waals surface area contributed by atoms with Gasteiger partial charge in [-0.2, -0.15) is 0 Å². The molecular weight excluding hydrogens is 206 g/mol. The van der Waals surface area contributed by atoms with Crippen LogP contribution in [0, 0.1) is 16.0 Å². The van der Waals surface area contributed by atoms with E-state index in [4.69, 9.17) is 4.74 Å². The van der Waals surface area contributed by atoms with Gasteiger partial charge in [-0.1, -0.05) is 0 Å². The van der Waals surface area contributed by atoms with Gasteiger partial charge in [0.25, 0.3) is 5.69 Å². The second kappa shape index (κ2) is 4.79. The van der Waals surface area contributed by atoms with Crippen LogP contribution in [0.15, 0.2) is 30.5 Å². The smallest absolute Gasteiger partial charge is 0.269 e. The molecule has 0 aromatic heterocycles. The van der Waals surface area contributed by atoms with Crippen molar-refractivity contribution in [3.05, 3.63) is 46.2 Å². The minimum Gasteiger partial charge on any atom is -0.501 e. The topological polar surface area (TPSA) is 52.4 Å². The molecule has 1 aromatic rings. The molecule has 1 saturated carbocycles. The van der Waals surface area contributed by atoms with Crippen LogP contribution in [0.25, 0.3) is 6.08 Å². The Morgan fingerprint density at radius 2 is 2.06 bits per heavy atom. The van der Waals surface area contributed by atoms with Gasteiger partial charge in [-0.25, -0.2) is 0 Å². The van der Waals surface area contributed by atoms with Gasteiger partial charge in [-0.05, 0) is 42.5 Å². The van der Waals surface area contributed by atoms with Gasteiger partial charge in [-0.3, -0.25) is 10.1 Å². The fourth-order valence-electron chi connectivity index (χ4n) is 1.31. The van der Waals surface area contributed by atoms with Gasteiger partial charge in [-0.15, -0.1) is 0 Å². The molecule has 0 N–H and O–H groups in total. The van der Waals surface area contributed by atoms with Crippen LogP contribution in [0.5, 0.6) is 0 Å². The third-order valence-corrected chi connectivity index (χ3v) is 2.49. The van der Waals surface area contributed by atoms with Crippen LogP contribution in [0.2, 0.25) is 0 Å². The normalized spacial score (nSPS) is 15.2. The molecule has 2 rings (SSSR count). The van der Waals surface area contributed by atoms with E-state index in [1.54, 1.807) is 18.4 Å². The van der Waals surface area contributed by atoms with Crippen molar-refractivity contribution in [2.45, 2.75) is 12.8 Å². The zero-order valence-electron chi connectivity index (χ0n) is 8.83. The maximum absolute atomic E-state index is 10.4. The minimum absolute atomic E-state index is 0.107. The molecule has 16 heavy (non-hydrogen) atoms. The standard InChI is InChI=1S/C12H13NO3/c14-13(15)12-5-3-10(4-6-12)7-8-16-9-11-1-2-11/h3-8,11H,1-2,9H2. The predicted octanol–water partition coefficient (Wildman–Crippen LogP) is 2.99. The van der Waals surface area contributed by atoms with Crippen molar-refractivity contribution in [1.29, 1.82) is 0 Å². The first-order valence-corrected chi connectivity index (χ1v) is 5.28. The lowest BCUT2D eigenvalue weighted by atomic mass is 10.2. The molecule has 0 unspecified atom stereocenters. The van der Waals surface area contributed by atoms with Crippen LogP contribution in [-0.4, -0.2) is 11.5 Å². The second-order valence-corrected chi connectivity index (χ2v) is 3.93. The molecular formula is C12H13NO3. The molecule has 0 amide bonds. The van der Waals surface area contributed by atoms with E-state index in [-0.39, 0.29) is 5.69 Å². The third-order valence-electron chi connectivity index (χ3n) is 2.49. The second-order valence-electron chi connectivity index (χ2n) is 3.93. The highest BCUT2D eigenvalue weighted by atomic mass is 16.6. The fourth-order valence-corrected chi connectivity index (χ4v) is 1.31. The first-order valence-electron chi connectivity index (χ1n) is 5.28. The van der Waals surface area contributed by atoms with Gasteiger partial charge in [0.1, 0.15) is 0 Å². The van der Waals surface area contributed by atoms with E-state index in [1.165, 1.54) is 25.0 Å². The molecule has 84 valence electrons. The van der Waals surface area contributed by atoms with Gasteiger partial charge >= 0.3 is 0 Å². The number of rotatable bonds is 5. The molecule has 1 aromatic carbocycles. The molecule has 0 saturated heterocycles. The Morgan fingerprint density at radius 3 is 2.62 bits per heavy atom. The molecule has 1 fully saturated rings. The highest BCUT2D eigenvalue weighted by Gasteiger charge is 2.20. The Labute approximate surface area is 93.7 Å². The van der Waals surface area contributed by atoms with Gasteiger partial charge in [0.05, 0.1) is 17.8 Å². The van der Waals surface area contributed by atoms with Crippen molar-refractivity contribution in [1.82, 2.24) is 0 Å². The van der Waals surface area contributed by atoms with Crippen molar-refractivity contribution < 1.29 is 9.66 Å². The van der Waals surface area contributed by atoms with E-state index in [1.807, 2.05) is 6.08 Å². The Morgan fingerprint density at radius 1 is 1.38 bits per heavy atom. The van der Waals surface area contributed by atoms with Gasteiger partial charge in [0, 0.05) is 12.1 Å².